The van der Waals surface area contributed by atoms with Crippen molar-refractivity contribution < 1.29 is 19.1 Å². The summed E-state index contributed by atoms with van der Waals surface area (Å²) in [6.45, 7) is 6.15. The standard InChI is InChI=1S/C20H25NO4/c1-4-8-18(23)17-11-6-9-16(20(17)15(3)22)10-7-13-25-14-12-21-19(24)5-2/h6,9,11H,4-5,8,12-14H2,1-3H3,(H,21,24). The number of rotatable bonds is 9. The summed E-state index contributed by atoms with van der Waals surface area (Å²) in [5, 5.41) is 2.70. The summed E-state index contributed by atoms with van der Waals surface area (Å²) in [6, 6.07) is 5.14. The molecule has 0 unspecified atom stereocenters. The lowest BCUT2D eigenvalue weighted by atomic mass is 9.94. The number of ketones is 2. The Bertz CT molecular complexity index is 683. The summed E-state index contributed by atoms with van der Waals surface area (Å²) in [7, 11) is 0. The molecule has 0 saturated carbocycles. The van der Waals surface area contributed by atoms with Crippen LogP contribution >= 0.6 is 0 Å². The molecule has 0 fully saturated rings. The number of amides is 1. The van der Waals surface area contributed by atoms with Gasteiger partial charge in [-0.25, -0.2) is 0 Å². The second-order valence-corrected chi connectivity index (χ2v) is 5.52. The SMILES string of the molecule is CCCC(=O)c1cccc(C#CCOCCNC(=O)CC)c1C(C)=O. The Balaban J connectivity index is 2.73. The zero-order chi connectivity index (χ0) is 18.7. The Labute approximate surface area is 149 Å². The van der Waals surface area contributed by atoms with Gasteiger partial charge in [0.1, 0.15) is 6.61 Å². The average Bonchev–Trinajstić information content (AvgIpc) is 2.60. The maximum atomic E-state index is 12.2. The van der Waals surface area contributed by atoms with E-state index < -0.39 is 0 Å². The number of carbonyl (C=O) groups excluding carboxylic acids is 3. The topological polar surface area (TPSA) is 72.5 Å². The number of hydrogen-bond acceptors (Lipinski definition) is 4. The van der Waals surface area contributed by atoms with E-state index in [1.165, 1.54) is 6.92 Å². The molecular weight excluding hydrogens is 318 g/mol. The summed E-state index contributed by atoms with van der Waals surface area (Å²) in [4.78, 5) is 35.2. The van der Waals surface area contributed by atoms with Crippen molar-refractivity contribution in [3.05, 3.63) is 34.9 Å². The maximum Gasteiger partial charge on any atom is 0.219 e. The Morgan fingerprint density at radius 1 is 1.20 bits per heavy atom. The summed E-state index contributed by atoms with van der Waals surface area (Å²) < 4.78 is 5.33. The third kappa shape index (κ3) is 6.90. The van der Waals surface area contributed by atoms with Crippen molar-refractivity contribution in [2.75, 3.05) is 19.8 Å². The largest absolute Gasteiger partial charge is 0.367 e. The van der Waals surface area contributed by atoms with Crippen LogP contribution in [0.3, 0.4) is 0 Å². The lowest BCUT2D eigenvalue weighted by Crippen LogP contribution is -2.26. The molecule has 1 aromatic rings. The van der Waals surface area contributed by atoms with Crippen molar-refractivity contribution in [3.63, 3.8) is 0 Å². The summed E-state index contributed by atoms with van der Waals surface area (Å²) in [5.41, 5.74) is 1.35. The first-order chi connectivity index (χ1) is 12.0. The van der Waals surface area contributed by atoms with E-state index in [0.29, 0.717) is 42.7 Å². The zero-order valence-electron chi connectivity index (χ0n) is 15.1. The lowest BCUT2D eigenvalue weighted by Gasteiger charge is -2.08. The van der Waals surface area contributed by atoms with Crippen LogP contribution < -0.4 is 5.32 Å². The van der Waals surface area contributed by atoms with Gasteiger partial charge in [0.15, 0.2) is 11.6 Å². The van der Waals surface area contributed by atoms with Crippen LogP contribution in [-0.4, -0.2) is 37.2 Å². The molecule has 0 aliphatic heterocycles. The van der Waals surface area contributed by atoms with Crippen molar-refractivity contribution in [1.82, 2.24) is 5.32 Å². The molecule has 5 nitrogen and oxygen atoms in total. The van der Waals surface area contributed by atoms with Gasteiger partial charge in [-0.05, 0) is 19.4 Å². The van der Waals surface area contributed by atoms with E-state index in [-0.39, 0.29) is 24.1 Å². The number of carbonyl (C=O) groups is 3. The fourth-order valence-corrected chi connectivity index (χ4v) is 2.27. The van der Waals surface area contributed by atoms with Gasteiger partial charge in [0, 0.05) is 36.1 Å². The maximum absolute atomic E-state index is 12.2. The van der Waals surface area contributed by atoms with E-state index in [0.717, 1.165) is 6.42 Å². The van der Waals surface area contributed by atoms with Gasteiger partial charge in [-0.2, -0.15) is 0 Å². The molecule has 0 bridgehead atoms. The molecule has 0 aromatic heterocycles. The van der Waals surface area contributed by atoms with E-state index in [9.17, 15) is 14.4 Å². The Kier molecular flexibility index (Phi) is 9.20. The predicted octanol–water partition coefficient (Wildman–Crippen LogP) is 2.77. The first-order valence-corrected chi connectivity index (χ1v) is 8.51. The second-order valence-electron chi connectivity index (χ2n) is 5.52. The number of hydrogen-bond donors (Lipinski definition) is 1. The molecule has 5 heteroatoms. The van der Waals surface area contributed by atoms with Gasteiger partial charge < -0.3 is 10.1 Å². The molecule has 0 aliphatic rings. The van der Waals surface area contributed by atoms with Crippen LogP contribution in [0.1, 0.15) is 66.3 Å². The molecule has 1 rings (SSSR count). The summed E-state index contributed by atoms with van der Waals surface area (Å²) >= 11 is 0. The fourth-order valence-electron chi connectivity index (χ4n) is 2.27. The number of ether oxygens (including phenoxy) is 1. The van der Waals surface area contributed by atoms with E-state index in [4.69, 9.17) is 4.74 Å². The molecule has 1 N–H and O–H groups in total. The van der Waals surface area contributed by atoms with Crippen molar-refractivity contribution in [2.45, 2.75) is 40.0 Å². The molecule has 0 heterocycles. The molecule has 25 heavy (non-hydrogen) atoms. The van der Waals surface area contributed by atoms with Crippen LogP contribution in [0.15, 0.2) is 18.2 Å². The number of Topliss-reactive ketones (excluding diaryl/α,β-unsaturated/α-hetero) is 2. The molecule has 0 aliphatic carbocycles. The van der Waals surface area contributed by atoms with Crippen LogP contribution in [0.4, 0.5) is 0 Å². The van der Waals surface area contributed by atoms with E-state index in [1.807, 2.05) is 6.92 Å². The molecule has 1 aromatic carbocycles. The number of benzene rings is 1. The van der Waals surface area contributed by atoms with Gasteiger partial charge in [0.25, 0.3) is 0 Å². The highest BCUT2D eigenvalue weighted by molar-refractivity contribution is 6.09. The molecule has 0 spiro atoms. The van der Waals surface area contributed by atoms with Crippen LogP contribution in [0, 0.1) is 11.8 Å². The van der Waals surface area contributed by atoms with Crippen molar-refractivity contribution in [1.29, 1.82) is 0 Å². The van der Waals surface area contributed by atoms with Crippen molar-refractivity contribution in [3.8, 4) is 11.8 Å². The van der Waals surface area contributed by atoms with Crippen molar-refractivity contribution in [2.24, 2.45) is 0 Å². The second kappa shape index (κ2) is 11.2. The first kappa shape index (κ1) is 20.6. The highest BCUT2D eigenvalue weighted by Crippen LogP contribution is 2.17. The molecular formula is C20H25NO4. The molecule has 1 amide bonds. The van der Waals surface area contributed by atoms with Gasteiger partial charge in [-0.1, -0.05) is 37.8 Å². The molecule has 0 atom stereocenters. The van der Waals surface area contributed by atoms with Gasteiger partial charge in [-0.15, -0.1) is 0 Å². The first-order valence-electron chi connectivity index (χ1n) is 8.51. The van der Waals surface area contributed by atoms with Gasteiger partial charge in [-0.3, -0.25) is 14.4 Å². The predicted molar refractivity (Wildman–Crippen MR) is 96.7 cm³/mol. The summed E-state index contributed by atoms with van der Waals surface area (Å²) in [6.07, 6.45) is 1.58. The van der Waals surface area contributed by atoms with Gasteiger partial charge in [0.05, 0.1) is 6.61 Å². The van der Waals surface area contributed by atoms with Gasteiger partial charge >= 0.3 is 0 Å². The Morgan fingerprint density at radius 2 is 1.96 bits per heavy atom. The minimum Gasteiger partial charge on any atom is -0.367 e. The third-order valence-electron chi connectivity index (χ3n) is 3.48. The van der Waals surface area contributed by atoms with E-state index in [1.54, 1.807) is 25.1 Å². The van der Waals surface area contributed by atoms with E-state index >= 15 is 0 Å². The molecule has 0 radical (unpaired) electrons. The monoisotopic (exact) mass is 343 g/mol. The normalized spacial score (nSPS) is 9.88. The third-order valence-corrected chi connectivity index (χ3v) is 3.48. The highest BCUT2D eigenvalue weighted by atomic mass is 16.5. The highest BCUT2D eigenvalue weighted by Gasteiger charge is 2.16. The van der Waals surface area contributed by atoms with Gasteiger partial charge in [0.2, 0.25) is 5.91 Å². The minimum atomic E-state index is -0.174. The lowest BCUT2D eigenvalue weighted by molar-refractivity contribution is -0.120. The van der Waals surface area contributed by atoms with E-state index in [2.05, 4.69) is 17.2 Å². The smallest absolute Gasteiger partial charge is 0.219 e. The Morgan fingerprint density at radius 3 is 2.60 bits per heavy atom. The molecule has 134 valence electrons. The molecule has 0 saturated heterocycles. The van der Waals surface area contributed by atoms with Crippen LogP contribution in [0.5, 0.6) is 0 Å². The fraction of sp³-hybridized carbons (Fsp3) is 0.450. The Hall–Kier alpha value is -2.45. The quantitative estimate of drug-likeness (QED) is 0.425. The van der Waals surface area contributed by atoms with Crippen LogP contribution in [-0.2, 0) is 9.53 Å². The van der Waals surface area contributed by atoms with Crippen molar-refractivity contribution >= 4 is 17.5 Å². The number of nitrogens with one attached hydrogen (secondary N) is 1. The summed E-state index contributed by atoms with van der Waals surface area (Å²) in [5.74, 6) is 5.52. The van der Waals surface area contributed by atoms with Crippen LogP contribution in [0.2, 0.25) is 0 Å². The van der Waals surface area contributed by atoms with Crippen LogP contribution in [0.25, 0.3) is 0 Å². The average molecular weight is 343 g/mol. The minimum absolute atomic E-state index is 0.0191. The zero-order valence-corrected chi connectivity index (χ0v) is 15.1.